The molecule has 0 aliphatic heterocycles. The maximum atomic E-state index is 12.9. The van der Waals surface area contributed by atoms with Crippen LogP contribution in [-0.2, 0) is 34.6 Å². The fourth-order valence-corrected chi connectivity index (χ4v) is 5.09. The van der Waals surface area contributed by atoms with Crippen molar-refractivity contribution in [2.24, 2.45) is 0 Å². The summed E-state index contributed by atoms with van der Waals surface area (Å²) in [5, 5.41) is 2.42. The minimum absolute atomic E-state index is 0.0329. The van der Waals surface area contributed by atoms with Gasteiger partial charge in [-0.25, -0.2) is 9.78 Å². The molecular formula is C23H30N5O8P. The Balaban J connectivity index is 1.76. The highest BCUT2D eigenvalue weighted by Crippen LogP contribution is 2.48. The maximum Gasteiger partial charge on any atom is 0.338 e. The van der Waals surface area contributed by atoms with E-state index in [1.54, 1.807) is 44.2 Å². The van der Waals surface area contributed by atoms with Gasteiger partial charge in [0.15, 0.2) is 11.2 Å². The molecule has 14 heteroatoms. The molecule has 0 radical (unpaired) electrons. The number of nitrogens with one attached hydrogen (secondary N) is 2. The van der Waals surface area contributed by atoms with Crippen LogP contribution >= 0.6 is 7.60 Å². The maximum absolute atomic E-state index is 12.9. The summed E-state index contributed by atoms with van der Waals surface area (Å²) in [5.74, 6) is -0.971. The number of hydrogen-bond donors (Lipinski definition) is 2. The van der Waals surface area contributed by atoms with E-state index in [0.717, 1.165) is 0 Å². The van der Waals surface area contributed by atoms with Gasteiger partial charge in [0.1, 0.15) is 13.3 Å². The number of anilines is 1. The fraction of sp³-hybridized carbons (Fsp3) is 0.435. The van der Waals surface area contributed by atoms with Crippen molar-refractivity contribution in [3.8, 4) is 0 Å². The molecule has 0 saturated heterocycles. The molecule has 0 unspecified atom stereocenters. The second kappa shape index (κ2) is 13.2. The van der Waals surface area contributed by atoms with E-state index in [9.17, 15) is 18.9 Å². The van der Waals surface area contributed by atoms with Crippen molar-refractivity contribution in [1.82, 2.24) is 19.5 Å². The van der Waals surface area contributed by atoms with E-state index in [-0.39, 0.29) is 56.2 Å². The standard InChI is InChI=1S/C23H30N5O8P/c1-4-35-37(32,36-5-2)12-11-18(13-33-22(31)17-9-7-6-8-10-17)34-15-28-14-24-19-20(28)26-23(25-16(3)29)27-21(19)30/h6-10,14,18H,4-5,11-13,15H2,1-3H3,(H2,25,26,27,29,30)/t18-/m1/s1. The van der Waals surface area contributed by atoms with Crippen LogP contribution in [0.2, 0.25) is 0 Å². The molecule has 1 atom stereocenters. The minimum atomic E-state index is -3.37. The van der Waals surface area contributed by atoms with Gasteiger partial charge in [0.25, 0.3) is 5.56 Å². The smallest absolute Gasteiger partial charge is 0.338 e. The average molecular weight is 535 g/mol. The molecular weight excluding hydrogens is 505 g/mol. The molecule has 200 valence electrons. The molecule has 1 aromatic carbocycles. The summed E-state index contributed by atoms with van der Waals surface area (Å²) in [6, 6.07) is 8.49. The number of esters is 1. The summed E-state index contributed by atoms with van der Waals surface area (Å²) in [5.41, 5.74) is 0.0871. The SMILES string of the molecule is CCOP(=O)(CC[C@H](COC(=O)c1ccccc1)OCn1cnc2c(=O)[nH]c(NC(C)=O)nc21)OCC. The highest BCUT2D eigenvalue weighted by atomic mass is 31.2. The normalized spacial score (nSPS) is 12.4. The number of imidazole rings is 1. The number of benzene rings is 1. The quantitative estimate of drug-likeness (QED) is 0.232. The predicted molar refractivity (Wildman–Crippen MR) is 134 cm³/mol. The van der Waals surface area contributed by atoms with Crippen molar-refractivity contribution in [1.29, 1.82) is 0 Å². The van der Waals surface area contributed by atoms with Gasteiger partial charge in [0.05, 0.1) is 37.4 Å². The molecule has 13 nitrogen and oxygen atoms in total. The molecule has 0 saturated carbocycles. The van der Waals surface area contributed by atoms with Gasteiger partial charge < -0.3 is 18.5 Å². The zero-order chi connectivity index (χ0) is 26.8. The number of ether oxygens (including phenoxy) is 2. The van der Waals surface area contributed by atoms with Crippen LogP contribution in [0.4, 0.5) is 5.95 Å². The minimum Gasteiger partial charge on any atom is -0.459 e. The van der Waals surface area contributed by atoms with Crippen LogP contribution < -0.4 is 10.9 Å². The Hall–Kier alpha value is -3.38. The molecule has 1 amide bonds. The fourth-order valence-electron chi connectivity index (χ4n) is 3.36. The lowest BCUT2D eigenvalue weighted by Crippen LogP contribution is -2.25. The number of aromatic nitrogens is 4. The molecule has 0 aliphatic carbocycles. The Kier molecular flexibility index (Phi) is 10.1. The third-order valence-electron chi connectivity index (χ3n) is 5.00. The molecule has 2 heterocycles. The van der Waals surface area contributed by atoms with Crippen LogP contribution in [0.3, 0.4) is 0 Å². The van der Waals surface area contributed by atoms with Crippen molar-refractivity contribution in [3.05, 3.63) is 52.6 Å². The van der Waals surface area contributed by atoms with E-state index < -0.39 is 31.1 Å². The first-order chi connectivity index (χ1) is 17.7. The second-order valence-electron chi connectivity index (χ2n) is 7.82. The largest absolute Gasteiger partial charge is 0.459 e. The molecule has 37 heavy (non-hydrogen) atoms. The second-order valence-corrected chi connectivity index (χ2v) is 10.0. The van der Waals surface area contributed by atoms with Crippen LogP contribution in [0, 0.1) is 0 Å². The van der Waals surface area contributed by atoms with Crippen molar-refractivity contribution >= 4 is 36.6 Å². The molecule has 3 aromatic rings. The van der Waals surface area contributed by atoms with Crippen LogP contribution in [0.25, 0.3) is 11.2 Å². The molecule has 3 rings (SSSR count). The molecule has 0 fully saturated rings. The Bertz CT molecular complexity index is 1300. The first kappa shape index (κ1) is 28.2. The third kappa shape index (κ3) is 8.05. The summed E-state index contributed by atoms with van der Waals surface area (Å²) in [6.45, 7) is 4.89. The van der Waals surface area contributed by atoms with Gasteiger partial charge in [-0.1, -0.05) is 18.2 Å². The highest BCUT2D eigenvalue weighted by Gasteiger charge is 2.26. The first-order valence-electron chi connectivity index (χ1n) is 11.7. The van der Waals surface area contributed by atoms with Crippen LogP contribution in [0.15, 0.2) is 41.5 Å². The van der Waals surface area contributed by atoms with Crippen LogP contribution in [0.5, 0.6) is 0 Å². The molecule has 2 aromatic heterocycles. The first-order valence-corrected chi connectivity index (χ1v) is 13.4. The Morgan fingerprint density at radius 3 is 2.51 bits per heavy atom. The number of carbonyl (C=O) groups excluding carboxylic acids is 2. The van der Waals surface area contributed by atoms with Gasteiger partial charge >= 0.3 is 13.6 Å². The highest BCUT2D eigenvalue weighted by molar-refractivity contribution is 7.53. The average Bonchev–Trinajstić information content (AvgIpc) is 3.27. The third-order valence-corrected chi connectivity index (χ3v) is 7.11. The Labute approximate surface area is 213 Å². The zero-order valence-corrected chi connectivity index (χ0v) is 21.7. The molecule has 0 spiro atoms. The number of rotatable bonds is 14. The predicted octanol–water partition coefficient (Wildman–Crippen LogP) is 2.93. The van der Waals surface area contributed by atoms with Gasteiger partial charge in [-0.05, 0) is 32.4 Å². The van der Waals surface area contributed by atoms with Gasteiger partial charge in [0.2, 0.25) is 11.9 Å². The summed E-state index contributed by atoms with van der Waals surface area (Å²) in [6.07, 6.45) is 0.897. The molecule has 0 aliphatic rings. The Morgan fingerprint density at radius 2 is 1.86 bits per heavy atom. The topological polar surface area (TPSA) is 164 Å². The van der Waals surface area contributed by atoms with Crippen LogP contribution in [-0.4, -0.2) is 63.5 Å². The summed E-state index contributed by atoms with van der Waals surface area (Å²) >= 11 is 0. The number of carbonyl (C=O) groups is 2. The monoisotopic (exact) mass is 535 g/mol. The van der Waals surface area contributed by atoms with Gasteiger partial charge in [-0.15, -0.1) is 0 Å². The van der Waals surface area contributed by atoms with Crippen molar-refractivity contribution in [3.63, 3.8) is 0 Å². The molecule has 0 bridgehead atoms. The van der Waals surface area contributed by atoms with E-state index in [1.165, 1.54) is 17.8 Å². The zero-order valence-electron chi connectivity index (χ0n) is 20.8. The summed E-state index contributed by atoms with van der Waals surface area (Å²) < 4.78 is 36.5. The summed E-state index contributed by atoms with van der Waals surface area (Å²) in [7, 11) is -3.37. The number of aromatic amines is 1. The van der Waals surface area contributed by atoms with Crippen LogP contribution in [0.1, 0.15) is 37.6 Å². The number of nitrogens with zero attached hydrogens (tertiary/aromatic N) is 3. The number of fused-ring (bicyclic) bond motifs is 1. The van der Waals surface area contributed by atoms with Crippen molar-refractivity contribution in [2.75, 3.05) is 31.3 Å². The Morgan fingerprint density at radius 1 is 1.16 bits per heavy atom. The lowest BCUT2D eigenvalue weighted by Gasteiger charge is -2.22. The number of H-pyrrole nitrogens is 1. The van der Waals surface area contributed by atoms with E-state index in [1.807, 2.05) is 0 Å². The number of amides is 1. The number of hydrogen-bond acceptors (Lipinski definition) is 10. The van der Waals surface area contributed by atoms with E-state index in [0.29, 0.717) is 5.56 Å². The lowest BCUT2D eigenvalue weighted by atomic mass is 10.2. The van der Waals surface area contributed by atoms with Gasteiger partial charge in [-0.2, -0.15) is 4.98 Å². The van der Waals surface area contributed by atoms with Crippen molar-refractivity contribution in [2.45, 2.75) is 40.0 Å². The van der Waals surface area contributed by atoms with E-state index >= 15 is 0 Å². The summed E-state index contributed by atoms with van der Waals surface area (Å²) in [4.78, 5) is 46.8. The van der Waals surface area contributed by atoms with Gasteiger partial charge in [0, 0.05) is 6.92 Å². The van der Waals surface area contributed by atoms with E-state index in [4.69, 9.17) is 18.5 Å². The van der Waals surface area contributed by atoms with E-state index in [2.05, 4.69) is 20.3 Å². The van der Waals surface area contributed by atoms with Crippen molar-refractivity contribution < 1.29 is 32.7 Å². The lowest BCUT2D eigenvalue weighted by molar-refractivity contribution is -0.114. The van der Waals surface area contributed by atoms with Gasteiger partial charge in [-0.3, -0.25) is 29.0 Å². The molecule has 2 N–H and O–H groups in total.